The van der Waals surface area contributed by atoms with Crippen molar-refractivity contribution in [1.29, 1.82) is 0 Å². The Balaban J connectivity index is 1.89. The molecule has 1 aromatic heterocycles. The van der Waals surface area contributed by atoms with E-state index in [9.17, 15) is 4.79 Å². The van der Waals surface area contributed by atoms with Gasteiger partial charge in [-0.25, -0.2) is 9.48 Å². The van der Waals surface area contributed by atoms with Gasteiger partial charge in [0.15, 0.2) is 6.10 Å². The van der Waals surface area contributed by atoms with Crippen LogP contribution in [0.1, 0.15) is 39.0 Å². The summed E-state index contributed by atoms with van der Waals surface area (Å²) in [6, 6.07) is 17.5. The Bertz CT molecular complexity index is 1010. The van der Waals surface area contributed by atoms with Crippen molar-refractivity contribution in [3.8, 4) is 11.6 Å². The van der Waals surface area contributed by atoms with Gasteiger partial charge in [0.25, 0.3) is 0 Å². The van der Waals surface area contributed by atoms with Crippen LogP contribution in [-0.2, 0) is 10.3 Å². The maximum Gasteiger partial charge on any atom is 0.353 e. The third kappa shape index (κ3) is 5.25. The normalized spacial score (nSPS) is 12.5. The third-order valence-corrected chi connectivity index (χ3v) is 5.61. The van der Waals surface area contributed by atoms with Crippen LogP contribution in [0, 0.1) is 13.8 Å². The molecule has 0 fully saturated rings. The van der Waals surface area contributed by atoms with Gasteiger partial charge in [-0.15, -0.1) is 0 Å². The van der Waals surface area contributed by atoms with Crippen molar-refractivity contribution >= 4 is 17.7 Å². The first-order valence-electron chi connectivity index (χ1n) is 9.93. The Morgan fingerprint density at radius 1 is 1.03 bits per heavy atom. The summed E-state index contributed by atoms with van der Waals surface area (Å²) in [6.07, 6.45) is -0.756. The average Bonchev–Trinajstić information content (AvgIpc) is 3.00. The molecule has 0 spiro atoms. The van der Waals surface area contributed by atoms with Crippen LogP contribution in [0.2, 0.25) is 0 Å². The fourth-order valence-corrected chi connectivity index (χ4v) is 3.72. The van der Waals surface area contributed by atoms with Crippen LogP contribution >= 0.6 is 11.8 Å². The SMILES string of the molecule is Cc1ccc(Sc2c(C)nn(C(C)(C)C)c2OC(=O)C(C)Oc2ccccc2)cc1. The van der Waals surface area contributed by atoms with Crippen LogP contribution in [0.5, 0.6) is 11.6 Å². The van der Waals surface area contributed by atoms with E-state index in [0.717, 1.165) is 15.5 Å². The highest BCUT2D eigenvalue weighted by atomic mass is 32.2. The van der Waals surface area contributed by atoms with Gasteiger partial charge in [-0.1, -0.05) is 47.7 Å². The zero-order valence-corrected chi connectivity index (χ0v) is 19.1. The second-order valence-corrected chi connectivity index (χ2v) is 9.30. The highest BCUT2D eigenvalue weighted by Crippen LogP contribution is 2.40. The second-order valence-electron chi connectivity index (χ2n) is 8.21. The first kappa shape index (κ1) is 22.0. The highest BCUT2D eigenvalue weighted by molar-refractivity contribution is 7.99. The second kappa shape index (κ2) is 8.96. The fourth-order valence-electron chi connectivity index (χ4n) is 2.81. The van der Waals surface area contributed by atoms with Crippen molar-refractivity contribution in [2.24, 2.45) is 0 Å². The summed E-state index contributed by atoms with van der Waals surface area (Å²) < 4.78 is 13.4. The van der Waals surface area contributed by atoms with Crippen LogP contribution in [0.15, 0.2) is 64.4 Å². The van der Waals surface area contributed by atoms with Crippen molar-refractivity contribution in [3.63, 3.8) is 0 Å². The van der Waals surface area contributed by atoms with Crippen LogP contribution in [-0.4, -0.2) is 21.9 Å². The molecule has 1 atom stereocenters. The lowest BCUT2D eigenvalue weighted by molar-refractivity contribution is -0.142. The minimum atomic E-state index is -0.756. The fraction of sp³-hybridized carbons (Fsp3) is 0.333. The van der Waals surface area contributed by atoms with Crippen LogP contribution in [0.3, 0.4) is 0 Å². The average molecular weight is 425 g/mol. The maximum absolute atomic E-state index is 12.9. The molecule has 0 aliphatic heterocycles. The Hall–Kier alpha value is -2.73. The molecule has 0 amide bonds. The number of esters is 1. The minimum Gasteiger partial charge on any atom is -0.479 e. The van der Waals surface area contributed by atoms with Gasteiger partial charge in [-0.2, -0.15) is 5.10 Å². The Morgan fingerprint density at radius 2 is 1.67 bits per heavy atom. The number of hydrogen-bond donors (Lipinski definition) is 0. The van der Waals surface area contributed by atoms with Gasteiger partial charge in [-0.3, -0.25) is 0 Å². The molecule has 3 aromatic rings. The molecule has 0 saturated heterocycles. The standard InChI is InChI=1S/C24H28N2O3S/c1-16-12-14-20(15-13-16)30-21-17(2)25-26(24(4,5)6)22(21)29-23(27)18(3)28-19-10-8-7-9-11-19/h7-15,18H,1-6H3. The molecule has 2 aromatic carbocycles. The summed E-state index contributed by atoms with van der Waals surface area (Å²) in [4.78, 5) is 14.7. The molecular formula is C24H28N2O3S. The summed E-state index contributed by atoms with van der Waals surface area (Å²) >= 11 is 1.54. The molecule has 30 heavy (non-hydrogen) atoms. The lowest BCUT2D eigenvalue weighted by Crippen LogP contribution is -2.31. The van der Waals surface area contributed by atoms with Crippen molar-refractivity contribution < 1.29 is 14.3 Å². The number of carbonyl (C=O) groups is 1. The summed E-state index contributed by atoms with van der Waals surface area (Å²) in [7, 11) is 0. The number of nitrogens with zero attached hydrogens (tertiary/aromatic N) is 2. The van der Waals surface area contributed by atoms with E-state index in [1.807, 2.05) is 58.0 Å². The van der Waals surface area contributed by atoms with Crippen LogP contribution in [0.25, 0.3) is 0 Å². The quantitative estimate of drug-likeness (QED) is 0.470. The molecule has 6 heteroatoms. The maximum atomic E-state index is 12.9. The molecular weight excluding hydrogens is 396 g/mol. The molecule has 158 valence electrons. The van der Waals surface area contributed by atoms with E-state index in [4.69, 9.17) is 9.47 Å². The molecule has 1 unspecified atom stereocenters. The number of carbonyl (C=O) groups excluding carboxylic acids is 1. The Labute approximate surface area is 182 Å². The van der Waals surface area contributed by atoms with Crippen molar-refractivity contribution in [2.45, 2.75) is 63.0 Å². The predicted molar refractivity (Wildman–Crippen MR) is 119 cm³/mol. The molecule has 0 saturated carbocycles. The predicted octanol–water partition coefficient (Wildman–Crippen LogP) is 5.78. The van der Waals surface area contributed by atoms with Crippen molar-refractivity contribution in [2.75, 3.05) is 0 Å². The Kier molecular flexibility index (Phi) is 6.56. The lowest BCUT2D eigenvalue weighted by atomic mass is 10.1. The van der Waals surface area contributed by atoms with E-state index in [1.165, 1.54) is 5.56 Å². The van der Waals surface area contributed by atoms with Gasteiger partial charge in [-0.05, 0) is 65.8 Å². The minimum absolute atomic E-state index is 0.351. The van der Waals surface area contributed by atoms with Crippen molar-refractivity contribution in [1.82, 2.24) is 9.78 Å². The van der Waals surface area contributed by atoms with Gasteiger partial charge in [0.05, 0.1) is 16.1 Å². The highest BCUT2D eigenvalue weighted by Gasteiger charge is 2.29. The first-order chi connectivity index (χ1) is 14.1. The molecule has 0 radical (unpaired) electrons. The molecule has 0 bridgehead atoms. The zero-order valence-electron chi connectivity index (χ0n) is 18.3. The summed E-state index contributed by atoms with van der Waals surface area (Å²) in [5.74, 6) is 0.603. The number of benzene rings is 2. The number of aryl methyl sites for hydroxylation is 2. The van der Waals surface area contributed by atoms with E-state index < -0.39 is 12.1 Å². The number of para-hydroxylation sites is 1. The van der Waals surface area contributed by atoms with E-state index in [-0.39, 0.29) is 5.54 Å². The van der Waals surface area contributed by atoms with Gasteiger partial charge in [0.1, 0.15) is 5.75 Å². The first-order valence-corrected chi connectivity index (χ1v) is 10.7. The van der Waals surface area contributed by atoms with Gasteiger partial charge in [0, 0.05) is 4.90 Å². The summed E-state index contributed by atoms with van der Waals surface area (Å²) in [5, 5.41) is 4.67. The molecule has 0 N–H and O–H groups in total. The number of ether oxygens (including phenoxy) is 2. The third-order valence-electron chi connectivity index (χ3n) is 4.43. The van der Waals surface area contributed by atoms with Crippen LogP contribution in [0.4, 0.5) is 0 Å². The van der Waals surface area contributed by atoms with Gasteiger partial charge < -0.3 is 9.47 Å². The van der Waals surface area contributed by atoms with Gasteiger partial charge in [0.2, 0.25) is 5.88 Å². The zero-order chi connectivity index (χ0) is 21.9. The number of aromatic nitrogens is 2. The van der Waals surface area contributed by atoms with E-state index in [2.05, 4.69) is 36.3 Å². The lowest BCUT2D eigenvalue weighted by Gasteiger charge is -2.23. The summed E-state index contributed by atoms with van der Waals surface area (Å²) in [6.45, 7) is 11.8. The largest absolute Gasteiger partial charge is 0.479 e. The smallest absolute Gasteiger partial charge is 0.353 e. The molecule has 3 rings (SSSR count). The number of hydrogen-bond acceptors (Lipinski definition) is 5. The molecule has 1 heterocycles. The van der Waals surface area contributed by atoms with Gasteiger partial charge >= 0.3 is 5.97 Å². The van der Waals surface area contributed by atoms with E-state index in [1.54, 1.807) is 23.4 Å². The molecule has 0 aliphatic carbocycles. The van der Waals surface area contributed by atoms with Crippen molar-refractivity contribution in [3.05, 3.63) is 65.9 Å². The summed E-state index contributed by atoms with van der Waals surface area (Å²) in [5.41, 5.74) is 1.66. The van der Waals surface area contributed by atoms with Crippen LogP contribution < -0.4 is 9.47 Å². The van der Waals surface area contributed by atoms with E-state index in [0.29, 0.717) is 11.6 Å². The molecule has 5 nitrogen and oxygen atoms in total. The van der Waals surface area contributed by atoms with E-state index >= 15 is 0 Å². The Morgan fingerprint density at radius 3 is 2.27 bits per heavy atom. The topological polar surface area (TPSA) is 53.4 Å². The number of rotatable bonds is 6. The molecule has 0 aliphatic rings. The monoisotopic (exact) mass is 424 g/mol.